The van der Waals surface area contributed by atoms with Gasteiger partial charge >= 0.3 is 5.97 Å². The first-order valence-electron chi connectivity index (χ1n) is 6.76. The highest BCUT2D eigenvalue weighted by Crippen LogP contribution is 2.01. The molecule has 0 aliphatic carbocycles. The summed E-state index contributed by atoms with van der Waals surface area (Å²) >= 11 is 0. The summed E-state index contributed by atoms with van der Waals surface area (Å²) in [5.74, 6) is -0.987. The van der Waals surface area contributed by atoms with Crippen molar-refractivity contribution in [2.24, 2.45) is 0 Å². The predicted molar refractivity (Wildman–Crippen MR) is 72.3 cm³/mol. The Morgan fingerprint density at radius 2 is 1.60 bits per heavy atom. The summed E-state index contributed by atoms with van der Waals surface area (Å²) < 4.78 is 0. The van der Waals surface area contributed by atoms with Gasteiger partial charge in [-0.25, -0.2) is 0 Å². The number of carboxylic acid groups (broad SMARTS) is 1. The molecule has 0 fully saturated rings. The first-order valence-corrected chi connectivity index (χ1v) is 6.76. The largest absolute Gasteiger partial charge is 0.480 e. The normalized spacial score (nSPS) is 15.8. The molecule has 20 heavy (non-hydrogen) atoms. The third-order valence-electron chi connectivity index (χ3n) is 2.80. The highest BCUT2D eigenvalue weighted by atomic mass is 16.4. The van der Waals surface area contributed by atoms with E-state index in [1.54, 1.807) is 0 Å². The maximum Gasteiger partial charge on any atom is 0.320 e. The Morgan fingerprint density at radius 1 is 1.00 bits per heavy atom. The second-order valence-electron chi connectivity index (χ2n) is 4.67. The number of rotatable bonds is 13. The van der Waals surface area contributed by atoms with Gasteiger partial charge < -0.3 is 36.2 Å². The molecule has 0 bridgehead atoms. The van der Waals surface area contributed by atoms with Crippen molar-refractivity contribution in [2.45, 2.75) is 37.5 Å². The van der Waals surface area contributed by atoms with Crippen molar-refractivity contribution in [2.75, 3.05) is 32.8 Å². The van der Waals surface area contributed by atoms with Crippen LogP contribution in [0.1, 0.15) is 19.3 Å². The van der Waals surface area contributed by atoms with Crippen molar-refractivity contribution >= 4 is 5.97 Å². The van der Waals surface area contributed by atoms with Crippen LogP contribution in [0.4, 0.5) is 0 Å². The van der Waals surface area contributed by atoms with Crippen LogP contribution in [-0.4, -0.2) is 82.6 Å². The third kappa shape index (κ3) is 10.1. The fourth-order valence-electron chi connectivity index (χ4n) is 1.59. The number of aliphatic carboxylic acids is 1. The van der Waals surface area contributed by atoms with Crippen molar-refractivity contribution in [3.63, 3.8) is 0 Å². The van der Waals surface area contributed by atoms with E-state index in [2.05, 4.69) is 10.6 Å². The van der Waals surface area contributed by atoms with Gasteiger partial charge in [0.05, 0.1) is 25.4 Å². The number of aliphatic hydroxyl groups is 4. The zero-order chi connectivity index (χ0) is 15.4. The van der Waals surface area contributed by atoms with Gasteiger partial charge in [-0.1, -0.05) is 6.42 Å². The van der Waals surface area contributed by atoms with Crippen LogP contribution in [0.2, 0.25) is 0 Å². The summed E-state index contributed by atoms with van der Waals surface area (Å²) in [5, 5.41) is 50.1. The highest BCUT2D eigenvalue weighted by Gasteiger charge is 2.17. The van der Waals surface area contributed by atoms with Crippen molar-refractivity contribution in [1.82, 2.24) is 10.6 Å². The van der Waals surface area contributed by atoms with Crippen LogP contribution in [0.15, 0.2) is 0 Å². The van der Waals surface area contributed by atoms with Gasteiger partial charge in [0.25, 0.3) is 0 Å². The number of unbranched alkanes of at least 4 members (excludes halogenated alkanes) is 1. The molecule has 0 aromatic heterocycles. The zero-order valence-corrected chi connectivity index (χ0v) is 11.5. The minimum atomic E-state index is -0.987. The molecule has 2 unspecified atom stereocenters. The van der Waals surface area contributed by atoms with E-state index in [9.17, 15) is 4.79 Å². The van der Waals surface area contributed by atoms with Crippen LogP contribution >= 0.6 is 0 Å². The monoisotopic (exact) mass is 294 g/mol. The highest BCUT2D eigenvalue weighted by molar-refractivity contribution is 5.73. The van der Waals surface area contributed by atoms with Crippen LogP contribution in [0, 0.1) is 0 Å². The first kappa shape index (κ1) is 19.2. The molecule has 0 heterocycles. The Morgan fingerprint density at radius 3 is 2.15 bits per heavy atom. The van der Waals surface area contributed by atoms with Crippen LogP contribution in [0.3, 0.4) is 0 Å². The average molecular weight is 294 g/mol. The van der Waals surface area contributed by atoms with Gasteiger partial charge in [0.15, 0.2) is 0 Å². The molecule has 0 saturated carbocycles. The molecule has 0 aliphatic rings. The zero-order valence-electron chi connectivity index (χ0n) is 11.5. The van der Waals surface area contributed by atoms with Gasteiger partial charge in [-0.3, -0.25) is 4.79 Å². The van der Waals surface area contributed by atoms with Gasteiger partial charge in [-0.2, -0.15) is 0 Å². The number of aliphatic hydroxyl groups excluding tert-OH is 4. The fourth-order valence-corrected chi connectivity index (χ4v) is 1.59. The molecule has 8 nitrogen and oxygen atoms in total. The lowest BCUT2D eigenvalue weighted by atomic mass is 10.1. The maximum atomic E-state index is 11.0. The molecular formula is C12H26N2O6. The molecule has 0 spiro atoms. The predicted octanol–water partition coefficient (Wildman–Crippen LogP) is -2.50. The van der Waals surface area contributed by atoms with Gasteiger partial charge in [-0.15, -0.1) is 0 Å². The van der Waals surface area contributed by atoms with Crippen molar-refractivity contribution in [3.8, 4) is 0 Å². The van der Waals surface area contributed by atoms with E-state index in [0.29, 0.717) is 25.9 Å². The molecule has 0 rings (SSSR count). The van der Waals surface area contributed by atoms with E-state index in [1.165, 1.54) is 0 Å². The van der Waals surface area contributed by atoms with E-state index < -0.39 is 30.8 Å². The number of carbonyl (C=O) groups is 1. The minimum absolute atomic E-state index is 0.0361. The van der Waals surface area contributed by atoms with Gasteiger partial charge in [0.2, 0.25) is 0 Å². The van der Waals surface area contributed by atoms with Crippen LogP contribution in [0.25, 0.3) is 0 Å². The summed E-state index contributed by atoms with van der Waals surface area (Å²) in [4.78, 5) is 11.0. The second-order valence-corrected chi connectivity index (χ2v) is 4.67. The maximum absolute atomic E-state index is 11.0. The summed E-state index contributed by atoms with van der Waals surface area (Å²) in [6, 6.07) is -0.751. The van der Waals surface area contributed by atoms with E-state index in [4.69, 9.17) is 25.5 Å². The van der Waals surface area contributed by atoms with Crippen molar-refractivity contribution in [3.05, 3.63) is 0 Å². The second kappa shape index (κ2) is 12.0. The molecule has 0 radical (unpaired) electrons. The fraction of sp³-hybridized carbons (Fsp3) is 0.917. The molecule has 0 aromatic rings. The summed E-state index contributed by atoms with van der Waals surface area (Å²) in [5.41, 5.74) is 0. The van der Waals surface area contributed by atoms with Crippen molar-refractivity contribution in [1.29, 1.82) is 0 Å². The Bertz CT molecular complexity index is 254. The molecule has 7 N–H and O–H groups in total. The Hall–Kier alpha value is -0.770. The Kier molecular flexibility index (Phi) is 11.5. The third-order valence-corrected chi connectivity index (χ3v) is 2.80. The summed E-state index contributed by atoms with van der Waals surface area (Å²) in [6.45, 7) is 0.276. The number of nitrogens with one attached hydrogen (secondary N) is 2. The van der Waals surface area contributed by atoms with Crippen LogP contribution < -0.4 is 10.6 Å². The number of hydrogen-bond acceptors (Lipinski definition) is 7. The van der Waals surface area contributed by atoms with Gasteiger partial charge in [-0.05, 0) is 19.4 Å². The number of hydrogen-bond donors (Lipinski definition) is 7. The SMILES string of the molecule is O=C(O)[C@H](CCCCNCC(O)CO)NCC(O)CO. The van der Waals surface area contributed by atoms with E-state index in [1.807, 2.05) is 0 Å². The van der Waals surface area contributed by atoms with Gasteiger partial charge in [0, 0.05) is 13.1 Å². The molecule has 0 aliphatic heterocycles. The lowest BCUT2D eigenvalue weighted by molar-refractivity contribution is -0.139. The average Bonchev–Trinajstić information content (AvgIpc) is 2.44. The van der Waals surface area contributed by atoms with Crippen LogP contribution in [-0.2, 0) is 4.79 Å². The van der Waals surface area contributed by atoms with Crippen molar-refractivity contribution < 1.29 is 30.3 Å². The number of carboxylic acids is 1. The Labute approximate surface area is 118 Å². The molecule has 8 heteroatoms. The van der Waals surface area contributed by atoms with E-state index in [-0.39, 0.29) is 13.2 Å². The summed E-state index contributed by atoms with van der Waals surface area (Å²) in [7, 11) is 0. The standard InChI is InChI=1S/C12H26N2O6/c15-7-9(17)5-13-4-2-1-3-11(12(19)20)14-6-10(18)8-16/h9-11,13-18H,1-8H2,(H,19,20)/t9?,10?,11-/m0/s1. The van der Waals surface area contributed by atoms with Crippen LogP contribution in [0.5, 0.6) is 0 Å². The first-order chi connectivity index (χ1) is 9.51. The molecular weight excluding hydrogens is 268 g/mol. The quantitative estimate of drug-likeness (QED) is 0.185. The molecule has 0 aromatic carbocycles. The van der Waals surface area contributed by atoms with E-state index in [0.717, 1.165) is 6.42 Å². The smallest absolute Gasteiger partial charge is 0.320 e. The lowest BCUT2D eigenvalue weighted by Crippen LogP contribution is -2.41. The lowest BCUT2D eigenvalue weighted by Gasteiger charge is -2.16. The van der Waals surface area contributed by atoms with E-state index >= 15 is 0 Å². The topological polar surface area (TPSA) is 142 Å². The molecule has 0 saturated heterocycles. The molecule has 0 amide bonds. The Balaban J connectivity index is 3.68. The molecule has 120 valence electrons. The summed E-state index contributed by atoms with van der Waals surface area (Å²) in [6.07, 6.45) is 0.0903. The molecule has 3 atom stereocenters. The minimum Gasteiger partial charge on any atom is -0.480 e. The van der Waals surface area contributed by atoms with Gasteiger partial charge in [0.1, 0.15) is 6.04 Å².